The number of fused-ring (bicyclic) bond motifs is 1. The molecule has 0 N–H and O–H groups in total. The Bertz CT molecular complexity index is 1010. The summed E-state index contributed by atoms with van der Waals surface area (Å²) < 4.78 is 4.23. The summed E-state index contributed by atoms with van der Waals surface area (Å²) in [5, 5.41) is 4.25. The molecule has 1 aliphatic heterocycles. The van der Waals surface area contributed by atoms with Crippen molar-refractivity contribution < 1.29 is 4.79 Å². The number of carbonyl (C=O) groups is 1. The fourth-order valence-corrected chi connectivity index (χ4v) is 4.90. The molecule has 1 amide bonds. The monoisotopic (exact) mass is 411 g/mol. The fourth-order valence-electron chi connectivity index (χ4n) is 4.02. The molecule has 4 rings (SSSR count). The maximum atomic E-state index is 11.0. The van der Waals surface area contributed by atoms with Gasteiger partial charge >= 0.3 is 0 Å². The van der Waals surface area contributed by atoms with Crippen molar-refractivity contribution in [1.82, 2.24) is 24.2 Å². The van der Waals surface area contributed by atoms with Crippen molar-refractivity contribution in [3.8, 4) is 0 Å². The maximum Gasteiger partial charge on any atom is 0.209 e. The maximum absolute atomic E-state index is 11.0. The Morgan fingerprint density at radius 2 is 1.97 bits per heavy atom. The number of likely N-dealkylation sites (tertiary alicyclic amines) is 1. The fraction of sp³-hybridized carbons (Fsp3) is 0.500. The molecular weight excluding hydrogens is 382 g/mol. The van der Waals surface area contributed by atoms with Crippen LogP contribution in [0.2, 0.25) is 0 Å². The highest BCUT2D eigenvalue weighted by Crippen LogP contribution is 2.33. The molecule has 1 aromatic carbocycles. The van der Waals surface area contributed by atoms with Crippen molar-refractivity contribution in [2.75, 3.05) is 13.1 Å². The lowest BCUT2D eigenvalue weighted by Gasteiger charge is -2.31. The number of aromatic nitrogens is 4. The van der Waals surface area contributed by atoms with Gasteiger partial charge in [0.05, 0.1) is 22.1 Å². The highest BCUT2D eigenvalue weighted by atomic mass is 32.2. The van der Waals surface area contributed by atoms with Gasteiger partial charge in [0, 0.05) is 43.2 Å². The molecule has 154 valence electrons. The molecule has 0 atom stereocenters. The summed E-state index contributed by atoms with van der Waals surface area (Å²) in [7, 11) is 1.93. The van der Waals surface area contributed by atoms with E-state index in [4.69, 9.17) is 4.98 Å². The molecule has 1 fully saturated rings. The molecule has 7 heteroatoms. The van der Waals surface area contributed by atoms with Crippen molar-refractivity contribution in [2.45, 2.75) is 55.4 Å². The third-order valence-electron chi connectivity index (χ3n) is 5.55. The highest BCUT2D eigenvalue weighted by molar-refractivity contribution is 7.99. The predicted molar refractivity (Wildman–Crippen MR) is 116 cm³/mol. The van der Waals surface area contributed by atoms with E-state index in [1.54, 1.807) is 11.8 Å². The van der Waals surface area contributed by atoms with E-state index >= 15 is 0 Å². The molecule has 0 bridgehead atoms. The normalized spacial score (nSPS) is 15.9. The zero-order valence-electron chi connectivity index (χ0n) is 17.6. The molecule has 0 unspecified atom stereocenters. The average molecular weight is 412 g/mol. The summed E-state index contributed by atoms with van der Waals surface area (Å²) in [5.74, 6) is 1.71. The van der Waals surface area contributed by atoms with Gasteiger partial charge in [-0.25, -0.2) is 4.98 Å². The van der Waals surface area contributed by atoms with Crippen molar-refractivity contribution in [2.24, 2.45) is 13.0 Å². The second kappa shape index (κ2) is 7.86. The molecule has 3 heterocycles. The van der Waals surface area contributed by atoms with E-state index in [-0.39, 0.29) is 5.41 Å². The molecule has 3 aromatic rings. The standard InChI is InChI=1S/C22H29N5OS/c1-22(2,3)21-24-19-11-17(29-18-12-23-25(4)14-18)5-6-20(19)27(21)13-16-7-9-26(15-28)10-8-16/h5-6,11-12,14-16H,7-10,13H2,1-4H3. The number of hydrogen-bond acceptors (Lipinski definition) is 4. The number of imidazole rings is 1. The number of piperidine rings is 1. The van der Waals surface area contributed by atoms with Crippen LogP contribution >= 0.6 is 11.8 Å². The molecule has 0 saturated carbocycles. The first-order valence-corrected chi connectivity index (χ1v) is 11.0. The molecule has 0 aliphatic carbocycles. The molecule has 0 radical (unpaired) electrons. The smallest absolute Gasteiger partial charge is 0.209 e. The molecule has 1 saturated heterocycles. The molecule has 1 aliphatic rings. The van der Waals surface area contributed by atoms with E-state index < -0.39 is 0 Å². The molecular formula is C22H29N5OS. The quantitative estimate of drug-likeness (QED) is 0.594. The topological polar surface area (TPSA) is 56.0 Å². The first-order valence-electron chi connectivity index (χ1n) is 10.2. The van der Waals surface area contributed by atoms with Gasteiger partial charge in [0.2, 0.25) is 6.41 Å². The zero-order valence-corrected chi connectivity index (χ0v) is 18.4. The van der Waals surface area contributed by atoms with Crippen LogP contribution in [0.25, 0.3) is 11.0 Å². The molecule has 0 spiro atoms. The van der Waals surface area contributed by atoms with Crippen LogP contribution in [-0.4, -0.2) is 43.7 Å². The number of amides is 1. The minimum absolute atomic E-state index is 0.0286. The van der Waals surface area contributed by atoms with Crippen LogP contribution in [-0.2, 0) is 23.8 Å². The molecule has 6 nitrogen and oxygen atoms in total. The van der Waals surface area contributed by atoms with Crippen LogP contribution in [0.1, 0.15) is 39.4 Å². The number of aryl methyl sites for hydroxylation is 1. The number of rotatable bonds is 5. The summed E-state index contributed by atoms with van der Waals surface area (Å²) in [6, 6.07) is 6.57. The van der Waals surface area contributed by atoms with Crippen molar-refractivity contribution in [3.63, 3.8) is 0 Å². The van der Waals surface area contributed by atoms with Gasteiger partial charge < -0.3 is 9.47 Å². The van der Waals surface area contributed by atoms with Crippen LogP contribution in [0.15, 0.2) is 40.4 Å². The van der Waals surface area contributed by atoms with Crippen molar-refractivity contribution in [1.29, 1.82) is 0 Å². The van der Waals surface area contributed by atoms with Gasteiger partial charge in [-0.1, -0.05) is 32.5 Å². The lowest BCUT2D eigenvalue weighted by Crippen LogP contribution is -2.34. The van der Waals surface area contributed by atoms with Crippen LogP contribution in [0, 0.1) is 5.92 Å². The Labute approximate surface area is 176 Å². The Morgan fingerprint density at radius 3 is 2.59 bits per heavy atom. The van der Waals surface area contributed by atoms with Gasteiger partial charge in [-0.3, -0.25) is 9.48 Å². The summed E-state index contributed by atoms with van der Waals surface area (Å²) in [6.45, 7) is 9.36. The van der Waals surface area contributed by atoms with Crippen LogP contribution < -0.4 is 0 Å². The highest BCUT2D eigenvalue weighted by Gasteiger charge is 2.26. The number of nitrogens with zero attached hydrogens (tertiary/aromatic N) is 5. The van der Waals surface area contributed by atoms with Gasteiger partial charge in [-0.05, 0) is 37.0 Å². The van der Waals surface area contributed by atoms with E-state index in [1.807, 2.05) is 29.0 Å². The molecule has 29 heavy (non-hydrogen) atoms. The minimum Gasteiger partial charge on any atom is -0.345 e. The Morgan fingerprint density at radius 1 is 1.21 bits per heavy atom. The van der Waals surface area contributed by atoms with Gasteiger partial charge in [-0.2, -0.15) is 5.10 Å². The van der Waals surface area contributed by atoms with Crippen LogP contribution in [0.4, 0.5) is 0 Å². The summed E-state index contributed by atoms with van der Waals surface area (Å²) in [6.07, 6.45) is 7.00. The summed E-state index contributed by atoms with van der Waals surface area (Å²) >= 11 is 1.71. The largest absolute Gasteiger partial charge is 0.345 e. The van der Waals surface area contributed by atoms with Crippen LogP contribution in [0.3, 0.4) is 0 Å². The second-order valence-corrected chi connectivity index (χ2v) is 10.1. The van der Waals surface area contributed by atoms with E-state index in [2.05, 4.69) is 48.6 Å². The van der Waals surface area contributed by atoms with Gasteiger partial charge in [0.15, 0.2) is 0 Å². The van der Waals surface area contributed by atoms with E-state index in [0.29, 0.717) is 5.92 Å². The lowest BCUT2D eigenvalue weighted by atomic mass is 9.93. The zero-order chi connectivity index (χ0) is 20.6. The first kappa shape index (κ1) is 20.0. The Hall–Kier alpha value is -2.28. The summed E-state index contributed by atoms with van der Waals surface area (Å²) in [5.41, 5.74) is 2.22. The SMILES string of the molecule is Cn1cc(Sc2ccc3c(c2)nc(C(C)(C)C)n3CC2CCN(C=O)CC2)cn1. The predicted octanol–water partition coefficient (Wildman–Crippen LogP) is 4.09. The van der Waals surface area contributed by atoms with Crippen LogP contribution in [0.5, 0.6) is 0 Å². The average Bonchev–Trinajstić information content (AvgIpc) is 3.25. The first-order chi connectivity index (χ1) is 13.8. The number of benzene rings is 1. The van der Waals surface area contributed by atoms with E-state index in [9.17, 15) is 4.79 Å². The van der Waals surface area contributed by atoms with E-state index in [0.717, 1.165) is 55.1 Å². The Balaban J connectivity index is 1.64. The minimum atomic E-state index is -0.0286. The Kier molecular flexibility index (Phi) is 5.42. The van der Waals surface area contributed by atoms with Gasteiger partial charge in [0.25, 0.3) is 0 Å². The lowest BCUT2D eigenvalue weighted by molar-refractivity contribution is -0.119. The molecule has 2 aromatic heterocycles. The number of hydrogen-bond donors (Lipinski definition) is 0. The van der Waals surface area contributed by atoms with Gasteiger partial charge in [0.1, 0.15) is 5.82 Å². The van der Waals surface area contributed by atoms with Crippen molar-refractivity contribution in [3.05, 3.63) is 36.4 Å². The number of carbonyl (C=O) groups excluding carboxylic acids is 1. The summed E-state index contributed by atoms with van der Waals surface area (Å²) in [4.78, 5) is 20.3. The van der Waals surface area contributed by atoms with E-state index in [1.165, 1.54) is 10.4 Å². The third kappa shape index (κ3) is 4.34. The van der Waals surface area contributed by atoms with Crippen molar-refractivity contribution >= 4 is 29.2 Å². The second-order valence-electron chi connectivity index (χ2n) is 8.98. The third-order valence-corrected chi connectivity index (χ3v) is 6.48. The van der Waals surface area contributed by atoms with Gasteiger partial charge in [-0.15, -0.1) is 0 Å².